The van der Waals surface area contributed by atoms with Gasteiger partial charge in [-0.15, -0.1) is 0 Å². The molecular weight excluding hydrogens is 399 g/mol. The van der Waals surface area contributed by atoms with Crippen molar-refractivity contribution in [3.8, 4) is 11.3 Å². The number of aromatic nitrogens is 5. The van der Waals surface area contributed by atoms with Crippen LogP contribution in [0, 0.1) is 24.5 Å². The molecule has 0 unspecified atom stereocenters. The molecular formula is C20H14F3N5O2. The fourth-order valence-corrected chi connectivity index (χ4v) is 3.89. The SMILES string of the molecule is Cc1cc(F)c([C@H]2C[C@@H]2c2cc(-c3c[nH]c(=O)[nH]c3=O)nn3c(F)cnc23)c(F)c1. The minimum Gasteiger partial charge on any atom is -0.313 e. The second kappa shape index (κ2) is 6.41. The van der Waals surface area contributed by atoms with Crippen molar-refractivity contribution in [2.45, 2.75) is 25.2 Å². The second-order valence-corrected chi connectivity index (χ2v) is 7.38. The number of halogens is 3. The molecule has 1 aliphatic carbocycles. The first kappa shape index (κ1) is 18.3. The first-order valence-corrected chi connectivity index (χ1v) is 9.15. The van der Waals surface area contributed by atoms with Gasteiger partial charge in [-0.1, -0.05) is 0 Å². The van der Waals surface area contributed by atoms with Crippen molar-refractivity contribution >= 4 is 5.65 Å². The predicted octanol–water partition coefficient (Wildman–Crippen LogP) is 2.77. The van der Waals surface area contributed by atoms with Gasteiger partial charge in [0.25, 0.3) is 5.56 Å². The Hall–Kier alpha value is -3.69. The quantitative estimate of drug-likeness (QED) is 0.540. The summed E-state index contributed by atoms with van der Waals surface area (Å²) in [7, 11) is 0. The Bertz CT molecular complexity index is 1420. The van der Waals surface area contributed by atoms with Crippen LogP contribution in [0.25, 0.3) is 16.9 Å². The minimum atomic E-state index is -0.751. The van der Waals surface area contributed by atoms with Gasteiger partial charge >= 0.3 is 5.69 Å². The van der Waals surface area contributed by atoms with Gasteiger partial charge in [-0.05, 0) is 48.9 Å². The van der Waals surface area contributed by atoms with E-state index in [1.165, 1.54) is 18.3 Å². The smallest absolute Gasteiger partial charge is 0.313 e. The van der Waals surface area contributed by atoms with E-state index in [1.807, 2.05) is 0 Å². The molecule has 7 nitrogen and oxygen atoms in total. The first-order valence-electron chi connectivity index (χ1n) is 9.15. The van der Waals surface area contributed by atoms with Gasteiger partial charge in [0, 0.05) is 17.3 Å². The maximum absolute atomic E-state index is 14.4. The maximum Gasteiger partial charge on any atom is 0.325 e. The molecule has 2 N–H and O–H groups in total. The van der Waals surface area contributed by atoms with Crippen LogP contribution < -0.4 is 11.2 Å². The summed E-state index contributed by atoms with van der Waals surface area (Å²) < 4.78 is 44.0. The van der Waals surface area contributed by atoms with Gasteiger partial charge in [-0.3, -0.25) is 9.78 Å². The van der Waals surface area contributed by atoms with Crippen molar-refractivity contribution in [1.82, 2.24) is 24.6 Å². The monoisotopic (exact) mass is 413 g/mol. The molecule has 5 rings (SSSR count). The molecule has 3 heterocycles. The van der Waals surface area contributed by atoms with E-state index in [0.717, 1.165) is 10.7 Å². The van der Waals surface area contributed by atoms with E-state index < -0.39 is 34.7 Å². The molecule has 1 aromatic carbocycles. The van der Waals surface area contributed by atoms with Gasteiger partial charge < -0.3 is 4.98 Å². The molecule has 30 heavy (non-hydrogen) atoms. The van der Waals surface area contributed by atoms with Crippen molar-refractivity contribution < 1.29 is 13.2 Å². The van der Waals surface area contributed by atoms with Crippen molar-refractivity contribution in [1.29, 1.82) is 0 Å². The lowest BCUT2D eigenvalue weighted by molar-refractivity contribution is 0.547. The molecule has 1 aliphatic rings. The molecule has 0 aliphatic heterocycles. The van der Waals surface area contributed by atoms with E-state index in [0.29, 0.717) is 17.5 Å². The molecule has 0 bridgehead atoms. The molecule has 152 valence electrons. The van der Waals surface area contributed by atoms with E-state index in [1.54, 1.807) is 13.0 Å². The summed E-state index contributed by atoms with van der Waals surface area (Å²) >= 11 is 0. The molecule has 10 heteroatoms. The van der Waals surface area contributed by atoms with Crippen LogP contribution in [0.5, 0.6) is 0 Å². The number of aryl methyl sites for hydroxylation is 1. The number of hydrogen-bond donors (Lipinski definition) is 2. The van der Waals surface area contributed by atoms with Crippen LogP contribution >= 0.6 is 0 Å². The fraction of sp³-hybridized carbons (Fsp3) is 0.200. The summed E-state index contributed by atoms with van der Waals surface area (Å²) in [5, 5.41) is 4.10. The summed E-state index contributed by atoms with van der Waals surface area (Å²) in [6.07, 6.45) is 2.60. The van der Waals surface area contributed by atoms with E-state index >= 15 is 0 Å². The number of H-pyrrole nitrogens is 2. The highest BCUT2D eigenvalue weighted by atomic mass is 19.1. The normalized spacial score (nSPS) is 18.1. The highest BCUT2D eigenvalue weighted by Gasteiger charge is 2.44. The third-order valence-electron chi connectivity index (χ3n) is 5.33. The van der Waals surface area contributed by atoms with Crippen LogP contribution in [0.4, 0.5) is 13.2 Å². The number of aromatic amines is 2. The van der Waals surface area contributed by atoms with Gasteiger partial charge in [0.1, 0.15) is 11.6 Å². The zero-order valence-corrected chi connectivity index (χ0v) is 15.5. The lowest BCUT2D eigenvalue weighted by Gasteiger charge is -2.09. The third-order valence-corrected chi connectivity index (χ3v) is 5.33. The summed E-state index contributed by atoms with van der Waals surface area (Å²) in [6.45, 7) is 1.61. The van der Waals surface area contributed by atoms with Crippen LogP contribution in [0.15, 0.2) is 40.2 Å². The van der Waals surface area contributed by atoms with E-state index in [9.17, 15) is 22.8 Å². The molecule has 1 fully saturated rings. The topological polar surface area (TPSA) is 95.9 Å². The summed E-state index contributed by atoms with van der Waals surface area (Å²) in [5.74, 6) is -2.78. The molecule has 0 spiro atoms. The Morgan fingerprint density at radius 1 is 1.10 bits per heavy atom. The molecule has 1 saturated carbocycles. The summed E-state index contributed by atoms with van der Waals surface area (Å²) in [4.78, 5) is 31.9. The standard InChI is InChI=1S/C20H14F3N5O2/c1-8-2-13(21)17(14(22)3-8)10-4-9(10)11-5-15(12-6-25-20(30)26-19(12)29)27-28-16(23)7-24-18(11)28/h2-3,5-7,9-10H,4H2,1H3,(H2,25,26,29,30)/t9-,10-/m0/s1. The van der Waals surface area contributed by atoms with Crippen molar-refractivity contribution in [2.75, 3.05) is 0 Å². The van der Waals surface area contributed by atoms with E-state index in [-0.39, 0.29) is 28.4 Å². The Labute approximate surface area is 166 Å². The Morgan fingerprint density at radius 2 is 1.83 bits per heavy atom. The maximum atomic E-state index is 14.4. The molecule has 4 aromatic rings. The number of fused-ring (bicyclic) bond motifs is 1. The molecule has 0 amide bonds. The van der Waals surface area contributed by atoms with Gasteiger partial charge in [0.05, 0.1) is 17.5 Å². The molecule has 0 saturated heterocycles. The zero-order chi connectivity index (χ0) is 21.2. The lowest BCUT2D eigenvalue weighted by Crippen LogP contribution is -2.23. The number of nitrogens with one attached hydrogen (secondary N) is 2. The number of benzene rings is 1. The fourth-order valence-electron chi connectivity index (χ4n) is 3.89. The van der Waals surface area contributed by atoms with Crippen LogP contribution in [-0.4, -0.2) is 24.6 Å². The second-order valence-electron chi connectivity index (χ2n) is 7.38. The van der Waals surface area contributed by atoms with Gasteiger partial charge in [0.15, 0.2) is 5.65 Å². The first-order chi connectivity index (χ1) is 14.3. The largest absolute Gasteiger partial charge is 0.325 e. The van der Waals surface area contributed by atoms with Crippen molar-refractivity contribution in [3.05, 3.63) is 85.7 Å². The average Bonchev–Trinajstić information content (AvgIpc) is 3.35. The minimum absolute atomic E-state index is 0.0176. The lowest BCUT2D eigenvalue weighted by atomic mass is 10.0. The number of hydrogen-bond acceptors (Lipinski definition) is 4. The van der Waals surface area contributed by atoms with Crippen molar-refractivity contribution in [3.63, 3.8) is 0 Å². The van der Waals surface area contributed by atoms with E-state index in [2.05, 4.69) is 20.1 Å². The molecule has 3 aromatic heterocycles. The number of rotatable bonds is 3. The Kier molecular flexibility index (Phi) is 3.92. The van der Waals surface area contributed by atoms with Crippen molar-refractivity contribution in [2.24, 2.45) is 0 Å². The Morgan fingerprint density at radius 3 is 2.53 bits per heavy atom. The van der Waals surface area contributed by atoms with Gasteiger partial charge in [0.2, 0.25) is 5.95 Å². The van der Waals surface area contributed by atoms with Gasteiger partial charge in [-0.25, -0.2) is 18.6 Å². The van der Waals surface area contributed by atoms with Crippen LogP contribution in [0.1, 0.15) is 34.9 Å². The zero-order valence-electron chi connectivity index (χ0n) is 15.5. The highest BCUT2D eigenvalue weighted by Crippen LogP contribution is 2.56. The average molecular weight is 413 g/mol. The number of nitrogens with zero attached hydrogens (tertiary/aromatic N) is 3. The van der Waals surface area contributed by atoms with Crippen LogP contribution in [-0.2, 0) is 0 Å². The van der Waals surface area contributed by atoms with Crippen LogP contribution in [0.2, 0.25) is 0 Å². The molecule has 2 atom stereocenters. The summed E-state index contributed by atoms with van der Waals surface area (Å²) in [6, 6.07) is 4.09. The van der Waals surface area contributed by atoms with E-state index in [4.69, 9.17) is 0 Å². The predicted molar refractivity (Wildman–Crippen MR) is 101 cm³/mol. The Balaban J connectivity index is 1.65. The molecule has 0 radical (unpaired) electrons. The highest BCUT2D eigenvalue weighted by molar-refractivity contribution is 5.63. The summed E-state index contributed by atoms with van der Waals surface area (Å²) in [5.41, 5.74) is -0.0794. The third kappa shape index (κ3) is 2.83. The number of imidazole rings is 1. The van der Waals surface area contributed by atoms with Gasteiger partial charge in [-0.2, -0.15) is 14.0 Å². The van der Waals surface area contributed by atoms with Crippen LogP contribution in [0.3, 0.4) is 0 Å².